The van der Waals surface area contributed by atoms with Crippen LogP contribution in [-0.4, -0.2) is 10.3 Å². The molecule has 0 fully saturated rings. The van der Waals surface area contributed by atoms with Crippen LogP contribution >= 0.6 is 23.2 Å². The van der Waals surface area contributed by atoms with Gasteiger partial charge in [0.15, 0.2) is 10.3 Å². The third-order valence-corrected chi connectivity index (χ3v) is 3.10. The van der Waals surface area contributed by atoms with Gasteiger partial charge in [-0.3, -0.25) is 0 Å². The molecule has 2 rings (SSSR count). The lowest BCUT2D eigenvalue weighted by Crippen LogP contribution is -2.14. The van der Waals surface area contributed by atoms with Crippen LogP contribution in [0, 0.1) is 0 Å². The van der Waals surface area contributed by atoms with E-state index in [0.29, 0.717) is 0 Å². The lowest BCUT2D eigenvalue weighted by molar-refractivity contribution is 1.09. The van der Waals surface area contributed by atoms with Crippen molar-refractivity contribution in [2.24, 2.45) is 16.0 Å². The Morgan fingerprint density at radius 1 is 0.800 bits per heavy atom. The Kier molecular flexibility index (Phi) is 4.98. The Balaban J connectivity index is 2.46. The monoisotopic (exact) mass is 306 g/mol. The number of rotatable bonds is 4. The summed E-state index contributed by atoms with van der Waals surface area (Å²) in [4.78, 5) is 0. The quantitative estimate of drug-likeness (QED) is 0.529. The van der Waals surface area contributed by atoms with Crippen molar-refractivity contribution in [3.63, 3.8) is 0 Å². The van der Waals surface area contributed by atoms with Crippen LogP contribution < -0.4 is 10.9 Å². The molecule has 0 heterocycles. The summed E-state index contributed by atoms with van der Waals surface area (Å²) in [6.45, 7) is 0. The molecule has 0 aliphatic heterocycles. The van der Waals surface area contributed by atoms with E-state index in [1.165, 1.54) is 0 Å². The van der Waals surface area contributed by atoms with Gasteiger partial charge in [-0.25, -0.2) is 5.01 Å². The number of hydrogen-bond donors (Lipinski definition) is 1. The smallest absolute Gasteiger partial charge is 0.189 e. The minimum absolute atomic E-state index is 0.0156. The van der Waals surface area contributed by atoms with Gasteiger partial charge < -0.3 is 5.84 Å². The second kappa shape index (κ2) is 6.93. The van der Waals surface area contributed by atoms with Crippen molar-refractivity contribution >= 4 is 44.9 Å². The van der Waals surface area contributed by atoms with Crippen LogP contribution in [0.2, 0.25) is 0 Å². The third kappa shape index (κ3) is 3.50. The molecule has 0 bridgehead atoms. The molecule has 0 saturated heterocycles. The minimum Gasteiger partial charge on any atom is -0.322 e. The van der Waals surface area contributed by atoms with Gasteiger partial charge in [-0.05, 0) is 24.3 Å². The predicted molar refractivity (Wildman–Crippen MR) is 85.8 cm³/mol. The van der Waals surface area contributed by atoms with Gasteiger partial charge in [-0.1, -0.05) is 59.6 Å². The average molecular weight is 307 g/mol. The zero-order valence-corrected chi connectivity index (χ0v) is 12.0. The third-order valence-electron chi connectivity index (χ3n) is 2.47. The highest BCUT2D eigenvalue weighted by atomic mass is 35.5. The van der Waals surface area contributed by atoms with E-state index in [2.05, 4.69) is 10.2 Å². The maximum atomic E-state index is 5.99. The number of anilines is 2. The maximum absolute atomic E-state index is 5.99. The van der Waals surface area contributed by atoms with Gasteiger partial charge in [-0.15, -0.1) is 0 Å². The lowest BCUT2D eigenvalue weighted by atomic mass is 10.2. The first-order valence-corrected chi connectivity index (χ1v) is 6.56. The van der Waals surface area contributed by atoms with Gasteiger partial charge in [0.05, 0.1) is 11.4 Å². The van der Waals surface area contributed by atoms with E-state index in [-0.39, 0.29) is 10.3 Å². The second-order valence-corrected chi connectivity index (χ2v) is 4.51. The summed E-state index contributed by atoms with van der Waals surface area (Å²) in [5, 5.41) is 9.21. The summed E-state index contributed by atoms with van der Waals surface area (Å²) in [6.07, 6.45) is 0. The summed E-state index contributed by atoms with van der Waals surface area (Å²) in [5.74, 6) is 5.10. The fraction of sp³-hybridized carbons (Fsp3) is 0. The number of hydrazone groups is 2. The molecule has 0 saturated carbocycles. The molecule has 102 valence electrons. The van der Waals surface area contributed by atoms with Gasteiger partial charge in [0.25, 0.3) is 0 Å². The number of nitrogens with zero attached hydrogens (tertiary/aromatic N) is 3. The van der Waals surface area contributed by atoms with Crippen LogP contribution in [0.3, 0.4) is 0 Å². The zero-order valence-electron chi connectivity index (χ0n) is 10.4. The SMILES string of the molecule is NN=C(Cl)C(Cl)=NN(c1ccccc1)c1ccccc1. The molecule has 0 spiro atoms. The van der Waals surface area contributed by atoms with Crippen molar-refractivity contribution in [2.45, 2.75) is 0 Å². The summed E-state index contributed by atoms with van der Waals surface area (Å²) >= 11 is 11.8. The largest absolute Gasteiger partial charge is 0.322 e. The molecule has 2 aromatic carbocycles. The van der Waals surface area contributed by atoms with Crippen LogP contribution in [0.4, 0.5) is 11.4 Å². The summed E-state index contributed by atoms with van der Waals surface area (Å²) in [5.41, 5.74) is 1.69. The molecule has 4 nitrogen and oxygen atoms in total. The first kappa shape index (κ1) is 14.4. The van der Waals surface area contributed by atoms with E-state index >= 15 is 0 Å². The fourth-order valence-corrected chi connectivity index (χ4v) is 1.75. The Morgan fingerprint density at radius 3 is 1.65 bits per heavy atom. The molecular weight excluding hydrogens is 295 g/mol. The summed E-state index contributed by atoms with van der Waals surface area (Å²) < 4.78 is 0. The molecule has 6 heteroatoms. The lowest BCUT2D eigenvalue weighted by Gasteiger charge is -2.19. The van der Waals surface area contributed by atoms with Crippen LogP contribution in [-0.2, 0) is 0 Å². The maximum Gasteiger partial charge on any atom is 0.189 e. The van der Waals surface area contributed by atoms with Gasteiger partial charge in [0.2, 0.25) is 0 Å². The van der Waals surface area contributed by atoms with E-state index in [0.717, 1.165) is 11.4 Å². The molecular formula is C14H12Cl2N4. The first-order chi connectivity index (χ1) is 9.72. The van der Waals surface area contributed by atoms with E-state index in [9.17, 15) is 0 Å². The number of halogens is 2. The molecule has 2 aromatic rings. The molecule has 2 N–H and O–H groups in total. The second-order valence-electron chi connectivity index (χ2n) is 3.79. The number of para-hydroxylation sites is 2. The van der Waals surface area contributed by atoms with Crippen molar-refractivity contribution < 1.29 is 0 Å². The van der Waals surface area contributed by atoms with E-state index in [1.54, 1.807) is 5.01 Å². The predicted octanol–water partition coefficient (Wildman–Crippen LogP) is 3.89. The standard InChI is InChI=1S/C14H12Cl2N4/c15-13(18-17)14(16)19-20(11-7-3-1-4-8-11)12-9-5-2-6-10-12/h1-10H,17H2. The van der Waals surface area contributed by atoms with Gasteiger partial charge in [0.1, 0.15) is 0 Å². The molecule has 0 aliphatic carbocycles. The van der Waals surface area contributed by atoms with Gasteiger partial charge in [-0.2, -0.15) is 10.2 Å². The highest BCUT2D eigenvalue weighted by Crippen LogP contribution is 2.25. The molecule has 0 aliphatic rings. The first-order valence-electron chi connectivity index (χ1n) is 5.80. The average Bonchev–Trinajstić information content (AvgIpc) is 2.53. The van der Waals surface area contributed by atoms with E-state index < -0.39 is 0 Å². The fourth-order valence-electron chi connectivity index (χ4n) is 1.59. The number of benzene rings is 2. The van der Waals surface area contributed by atoms with Crippen molar-refractivity contribution in [2.75, 3.05) is 5.01 Å². The summed E-state index contributed by atoms with van der Waals surface area (Å²) in [7, 11) is 0. The molecule has 20 heavy (non-hydrogen) atoms. The van der Waals surface area contributed by atoms with Crippen LogP contribution in [0.1, 0.15) is 0 Å². The van der Waals surface area contributed by atoms with Crippen molar-refractivity contribution in [3.05, 3.63) is 60.7 Å². The number of nitrogens with two attached hydrogens (primary N) is 1. The van der Waals surface area contributed by atoms with Crippen molar-refractivity contribution in [1.29, 1.82) is 0 Å². The van der Waals surface area contributed by atoms with Crippen molar-refractivity contribution in [1.82, 2.24) is 0 Å². The Bertz CT molecular complexity index is 572. The van der Waals surface area contributed by atoms with Crippen molar-refractivity contribution in [3.8, 4) is 0 Å². The Hall–Kier alpha value is -2.04. The molecule has 0 atom stereocenters. The van der Waals surface area contributed by atoms with Gasteiger partial charge in [0, 0.05) is 0 Å². The molecule has 0 radical (unpaired) electrons. The van der Waals surface area contributed by atoms with E-state index in [1.807, 2.05) is 60.7 Å². The van der Waals surface area contributed by atoms with Gasteiger partial charge >= 0.3 is 0 Å². The van der Waals surface area contributed by atoms with Crippen LogP contribution in [0.15, 0.2) is 70.9 Å². The topological polar surface area (TPSA) is 54.0 Å². The normalized spacial score (nSPS) is 12.3. The molecule has 0 amide bonds. The number of hydrogen-bond acceptors (Lipinski definition) is 4. The zero-order chi connectivity index (χ0) is 14.4. The van der Waals surface area contributed by atoms with E-state index in [4.69, 9.17) is 29.0 Å². The highest BCUT2D eigenvalue weighted by Gasteiger charge is 2.11. The Labute approximate surface area is 127 Å². The van der Waals surface area contributed by atoms with Crippen LogP contribution in [0.25, 0.3) is 0 Å². The minimum atomic E-state index is -0.0523. The summed E-state index contributed by atoms with van der Waals surface area (Å²) in [6, 6.07) is 19.1. The van der Waals surface area contributed by atoms with Crippen LogP contribution in [0.5, 0.6) is 0 Å². The highest BCUT2D eigenvalue weighted by molar-refractivity contribution is 7.00. The molecule has 0 unspecified atom stereocenters. The Morgan fingerprint density at radius 2 is 1.25 bits per heavy atom. The molecule has 0 aromatic heterocycles.